The number of likely N-dealkylation sites (N-methyl/N-ethyl adjacent to an activating group) is 3. The van der Waals surface area contributed by atoms with E-state index in [9.17, 15) is 13.2 Å². The SMILES string of the molecule is COc1cc(C)c(S(=O)(=O)N(C)CCOCC(=O)N(C)CCC2CCC(Cc3ccccc3)(N(C)C)CC2)c(C)c1. The zero-order valence-corrected chi connectivity index (χ0v) is 26.8. The maximum atomic E-state index is 13.2. The van der Waals surface area contributed by atoms with Crippen LogP contribution in [0.15, 0.2) is 47.4 Å². The van der Waals surface area contributed by atoms with Crippen LogP contribution in [0.1, 0.15) is 48.8 Å². The van der Waals surface area contributed by atoms with Crippen LogP contribution < -0.4 is 4.74 Å². The molecule has 1 aliphatic rings. The predicted octanol–water partition coefficient (Wildman–Crippen LogP) is 4.53. The lowest BCUT2D eigenvalue weighted by Gasteiger charge is -2.45. The molecule has 1 saturated carbocycles. The van der Waals surface area contributed by atoms with Gasteiger partial charge in [0, 0.05) is 32.7 Å². The van der Waals surface area contributed by atoms with Gasteiger partial charge in [0.2, 0.25) is 15.9 Å². The number of hydrogen-bond donors (Lipinski definition) is 0. The third-order valence-corrected chi connectivity index (χ3v) is 10.9. The van der Waals surface area contributed by atoms with E-state index in [1.807, 2.05) is 7.05 Å². The van der Waals surface area contributed by atoms with Gasteiger partial charge in [0.15, 0.2) is 0 Å². The van der Waals surface area contributed by atoms with Gasteiger partial charge in [-0.2, -0.15) is 4.31 Å². The summed E-state index contributed by atoms with van der Waals surface area (Å²) in [5.41, 5.74) is 2.85. The second-order valence-corrected chi connectivity index (χ2v) is 13.8. The molecule has 0 unspecified atom stereocenters. The number of carbonyl (C=O) groups excluding carboxylic acids is 1. The topological polar surface area (TPSA) is 79.4 Å². The highest BCUT2D eigenvalue weighted by atomic mass is 32.2. The van der Waals surface area contributed by atoms with Crippen LogP contribution in [0.5, 0.6) is 5.75 Å². The molecule has 0 N–H and O–H groups in total. The van der Waals surface area contributed by atoms with Crippen LogP contribution in [-0.2, 0) is 26.0 Å². The van der Waals surface area contributed by atoms with Crippen LogP contribution in [0.4, 0.5) is 0 Å². The quantitative estimate of drug-likeness (QED) is 0.302. The van der Waals surface area contributed by atoms with Crippen LogP contribution in [0, 0.1) is 19.8 Å². The highest BCUT2D eigenvalue weighted by Crippen LogP contribution is 2.39. The van der Waals surface area contributed by atoms with E-state index in [-0.39, 0.29) is 36.1 Å². The minimum absolute atomic E-state index is 0.0591. The number of methoxy groups -OCH3 is 1. The van der Waals surface area contributed by atoms with Crippen LogP contribution in [-0.4, -0.2) is 95.6 Å². The summed E-state index contributed by atoms with van der Waals surface area (Å²) in [5, 5.41) is 0. The molecule has 3 rings (SSSR count). The highest BCUT2D eigenvalue weighted by Gasteiger charge is 2.37. The first kappa shape index (κ1) is 33.0. The van der Waals surface area contributed by atoms with E-state index in [1.165, 1.54) is 16.9 Å². The van der Waals surface area contributed by atoms with Gasteiger partial charge in [-0.3, -0.25) is 4.79 Å². The summed E-state index contributed by atoms with van der Waals surface area (Å²) in [6.07, 6.45) is 6.70. The standard InChI is InChI=1S/C32H49N3O5S/c1-25-21-29(39-7)22-26(2)31(25)41(37,38)35(6)19-20-40-24-30(36)34(5)18-15-27-13-16-32(17-14-27,33(3)4)23-28-11-9-8-10-12-28/h8-12,21-22,27H,13-20,23-24H2,1-7H3. The molecule has 2 aromatic carbocycles. The number of rotatable bonds is 14. The van der Waals surface area contributed by atoms with E-state index in [4.69, 9.17) is 9.47 Å². The molecule has 0 saturated heterocycles. The first-order valence-electron chi connectivity index (χ1n) is 14.5. The first-order valence-corrected chi connectivity index (χ1v) is 16.0. The Hall–Kier alpha value is -2.46. The number of ether oxygens (including phenoxy) is 2. The summed E-state index contributed by atoms with van der Waals surface area (Å²) in [6.45, 7) is 4.46. The van der Waals surface area contributed by atoms with Crippen molar-refractivity contribution >= 4 is 15.9 Å². The van der Waals surface area contributed by atoms with Crippen molar-refractivity contribution in [3.8, 4) is 5.75 Å². The van der Waals surface area contributed by atoms with E-state index < -0.39 is 10.0 Å². The van der Waals surface area contributed by atoms with Crippen LogP contribution in [0.25, 0.3) is 0 Å². The number of carbonyl (C=O) groups is 1. The van der Waals surface area contributed by atoms with Gasteiger partial charge in [-0.05, 0) is 101 Å². The van der Waals surface area contributed by atoms with Crippen molar-refractivity contribution in [1.29, 1.82) is 0 Å². The molecule has 1 aliphatic carbocycles. The normalized spacial score (nSPS) is 19.5. The molecule has 0 spiro atoms. The van der Waals surface area contributed by atoms with Crippen LogP contribution in [0.2, 0.25) is 0 Å². The van der Waals surface area contributed by atoms with Crippen molar-refractivity contribution < 1.29 is 22.7 Å². The summed E-state index contributed by atoms with van der Waals surface area (Å²) in [6, 6.07) is 14.2. The number of aryl methyl sites for hydroxylation is 2. The molecule has 2 aromatic rings. The number of amides is 1. The summed E-state index contributed by atoms with van der Waals surface area (Å²) in [5.74, 6) is 1.15. The Balaban J connectivity index is 1.40. The second kappa shape index (κ2) is 14.6. The van der Waals surface area contributed by atoms with Crippen molar-refractivity contribution in [2.45, 2.75) is 62.8 Å². The Morgan fingerprint density at radius 2 is 1.59 bits per heavy atom. The Kier molecular flexibility index (Phi) is 11.8. The van der Waals surface area contributed by atoms with Crippen molar-refractivity contribution in [3.63, 3.8) is 0 Å². The van der Waals surface area contributed by atoms with Gasteiger partial charge >= 0.3 is 0 Å². The lowest BCUT2D eigenvalue weighted by Crippen LogP contribution is -2.49. The lowest BCUT2D eigenvalue weighted by atomic mass is 9.72. The molecular weight excluding hydrogens is 538 g/mol. The Labute approximate surface area is 247 Å². The average molecular weight is 588 g/mol. The number of sulfonamides is 1. The lowest BCUT2D eigenvalue weighted by molar-refractivity contribution is -0.135. The molecule has 1 fully saturated rings. The molecule has 0 aliphatic heterocycles. The molecular formula is C32H49N3O5S. The molecule has 9 heteroatoms. The minimum atomic E-state index is -3.70. The molecule has 0 radical (unpaired) electrons. The molecule has 41 heavy (non-hydrogen) atoms. The monoisotopic (exact) mass is 587 g/mol. The maximum absolute atomic E-state index is 13.2. The zero-order valence-electron chi connectivity index (χ0n) is 26.0. The Bertz CT molecular complexity index is 1220. The minimum Gasteiger partial charge on any atom is -0.497 e. The van der Waals surface area contributed by atoms with Gasteiger partial charge in [0.1, 0.15) is 12.4 Å². The van der Waals surface area contributed by atoms with Gasteiger partial charge in [-0.1, -0.05) is 30.3 Å². The van der Waals surface area contributed by atoms with Gasteiger partial charge in [-0.25, -0.2) is 8.42 Å². The van der Waals surface area contributed by atoms with Gasteiger partial charge < -0.3 is 19.3 Å². The third-order valence-electron chi connectivity index (χ3n) is 8.77. The van der Waals surface area contributed by atoms with E-state index in [0.717, 1.165) is 38.5 Å². The van der Waals surface area contributed by atoms with E-state index in [1.54, 1.807) is 38.0 Å². The number of nitrogens with zero attached hydrogens (tertiary/aromatic N) is 3. The summed E-state index contributed by atoms with van der Waals surface area (Å²) in [7, 11) is 5.61. The van der Waals surface area contributed by atoms with E-state index >= 15 is 0 Å². The zero-order chi connectivity index (χ0) is 30.2. The molecule has 228 valence electrons. The maximum Gasteiger partial charge on any atom is 0.248 e. The van der Waals surface area contributed by atoms with Gasteiger partial charge in [-0.15, -0.1) is 0 Å². The second-order valence-electron chi connectivity index (χ2n) is 11.8. The van der Waals surface area contributed by atoms with Crippen molar-refractivity contribution in [3.05, 3.63) is 59.2 Å². The number of benzene rings is 2. The summed E-state index contributed by atoms with van der Waals surface area (Å²) >= 11 is 0. The Morgan fingerprint density at radius 3 is 2.15 bits per heavy atom. The van der Waals surface area contributed by atoms with Crippen molar-refractivity contribution in [2.24, 2.45) is 5.92 Å². The summed E-state index contributed by atoms with van der Waals surface area (Å²) in [4.78, 5) is 17.1. The fraction of sp³-hybridized carbons (Fsp3) is 0.594. The first-order chi connectivity index (χ1) is 19.4. The molecule has 0 aromatic heterocycles. The average Bonchev–Trinajstić information content (AvgIpc) is 2.94. The molecule has 8 nitrogen and oxygen atoms in total. The smallest absolute Gasteiger partial charge is 0.248 e. The summed E-state index contributed by atoms with van der Waals surface area (Å²) < 4.78 is 38.4. The van der Waals surface area contributed by atoms with Crippen LogP contribution >= 0.6 is 0 Å². The molecule has 1 amide bonds. The molecule has 0 bridgehead atoms. The van der Waals surface area contributed by atoms with E-state index in [0.29, 0.717) is 29.3 Å². The van der Waals surface area contributed by atoms with E-state index in [2.05, 4.69) is 49.3 Å². The number of hydrogen-bond acceptors (Lipinski definition) is 6. The van der Waals surface area contributed by atoms with Crippen LogP contribution in [0.3, 0.4) is 0 Å². The van der Waals surface area contributed by atoms with Crippen molar-refractivity contribution in [1.82, 2.24) is 14.1 Å². The molecule has 0 heterocycles. The Morgan fingerprint density at radius 1 is 0.976 bits per heavy atom. The van der Waals surface area contributed by atoms with Gasteiger partial charge in [0.05, 0.1) is 18.6 Å². The predicted molar refractivity (Wildman–Crippen MR) is 164 cm³/mol. The van der Waals surface area contributed by atoms with Gasteiger partial charge in [0.25, 0.3) is 0 Å². The van der Waals surface area contributed by atoms with Crippen molar-refractivity contribution in [2.75, 3.05) is 61.6 Å². The largest absolute Gasteiger partial charge is 0.497 e. The highest BCUT2D eigenvalue weighted by molar-refractivity contribution is 7.89. The fourth-order valence-electron chi connectivity index (χ4n) is 5.94. The molecule has 0 atom stereocenters. The third kappa shape index (κ3) is 8.53. The fourth-order valence-corrected chi connectivity index (χ4v) is 7.49.